The molecule has 0 aliphatic carbocycles. The van der Waals surface area contributed by atoms with Crippen LogP contribution in [0.4, 0.5) is 0 Å². The third-order valence-corrected chi connectivity index (χ3v) is 2.81. The number of ether oxygens (including phenoxy) is 1. The van der Waals surface area contributed by atoms with Crippen LogP contribution in [0.1, 0.15) is 35.7 Å². The number of hydrogen-bond acceptors (Lipinski definition) is 3. The Balaban J connectivity index is 2.55. The van der Waals surface area contributed by atoms with Crippen LogP contribution in [0, 0.1) is 6.92 Å². The van der Waals surface area contributed by atoms with Gasteiger partial charge >= 0.3 is 0 Å². The first kappa shape index (κ1) is 15.2. The highest BCUT2D eigenvalue weighted by atomic mass is 16.5. The number of rotatable bonds is 6. The number of ketones is 1. The van der Waals surface area contributed by atoms with Gasteiger partial charge in [-0.15, -0.1) is 0 Å². The molecule has 0 heterocycles. The summed E-state index contributed by atoms with van der Waals surface area (Å²) in [5, 5.41) is 0. The molecule has 0 unspecified atom stereocenters. The fourth-order valence-corrected chi connectivity index (χ4v) is 1.67. The van der Waals surface area contributed by atoms with Crippen molar-refractivity contribution in [3.05, 3.63) is 29.3 Å². The van der Waals surface area contributed by atoms with E-state index in [1.165, 1.54) is 6.92 Å². The van der Waals surface area contributed by atoms with E-state index in [-0.39, 0.29) is 11.7 Å². The van der Waals surface area contributed by atoms with Gasteiger partial charge in [0.25, 0.3) is 0 Å². The topological polar surface area (TPSA) is 46.6 Å². The Hall–Kier alpha value is -1.84. The van der Waals surface area contributed by atoms with Gasteiger partial charge in [-0.3, -0.25) is 9.59 Å². The molecule has 0 saturated heterocycles. The van der Waals surface area contributed by atoms with Crippen LogP contribution in [0.2, 0.25) is 0 Å². The molecule has 104 valence electrons. The Morgan fingerprint density at radius 2 is 1.95 bits per heavy atom. The highest BCUT2D eigenvalue weighted by Gasteiger charge is 2.09. The van der Waals surface area contributed by atoms with Gasteiger partial charge in [-0.1, -0.05) is 6.07 Å². The fourth-order valence-electron chi connectivity index (χ4n) is 1.67. The van der Waals surface area contributed by atoms with Crippen molar-refractivity contribution in [2.24, 2.45) is 0 Å². The van der Waals surface area contributed by atoms with E-state index in [4.69, 9.17) is 4.74 Å². The van der Waals surface area contributed by atoms with Crippen LogP contribution in [0.15, 0.2) is 18.2 Å². The minimum atomic E-state index is -0.0145. The Morgan fingerprint density at radius 3 is 2.53 bits per heavy atom. The molecule has 0 saturated carbocycles. The van der Waals surface area contributed by atoms with Gasteiger partial charge in [-0.2, -0.15) is 0 Å². The summed E-state index contributed by atoms with van der Waals surface area (Å²) >= 11 is 0. The summed E-state index contributed by atoms with van der Waals surface area (Å²) in [5.41, 5.74) is 1.63. The molecule has 0 N–H and O–H groups in total. The van der Waals surface area contributed by atoms with E-state index in [0.29, 0.717) is 30.8 Å². The molecule has 0 atom stereocenters. The van der Waals surface area contributed by atoms with Crippen molar-refractivity contribution >= 4 is 11.7 Å². The maximum atomic E-state index is 11.5. The van der Waals surface area contributed by atoms with Crippen molar-refractivity contribution in [2.75, 3.05) is 20.7 Å². The Labute approximate surface area is 114 Å². The number of carbonyl (C=O) groups is 2. The minimum absolute atomic E-state index is 0.0145. The van der Waals surface area contributed by atoms with Crippen molar-refractivity contribution in [1.29, 1.82) is 0 Å². The third-order valence-electron chi connectivity index (χ3n) is 2.81. The predicted molar refractivity (Wildman–Crippen MR) is 74.6 cm³/mol. The summed E-state index contributed by atoms with van der Waals surface area (Å²) in [6.07, 6.45) is 1.09. The molecule has 1 amide bonds. The van der Waals surface area contributed by atoms with Crippen molar-refractivity contribution in [3.8, 4) is 5.75 Å². The fraction of sp³-hybridized carbons (Fsp3) is 0.467. The Kier molecular flexibility index (Phi) is 5.55. The van der Waals surface area contributed by atoms with E-state index >= 15 is 0 Å². The van der Waals surface area contributed by atoms with E-state index in [2.05, 4.69) is 0 Å². The largest absolute Gasteiger partial charge is 0.493 e. The average Bonchev–Trinajstić information content (AvgIpc) is 2.33. The van der Waals surface area contributed by atoms with Gasteiger partial charge in [-0.25, -0.2) is 0 Å². The van der Waals surface area contributed by atoms with Gasteiger partial charge in [-0.05, 0) is 38.0 Å². The van der Waals surface area contributed by atoms with Crippen LogP contribution >= 0.6 is 0 Å². The summed E-state index contributed by atoms with van der Waals surface area (Å²) in [7, 11) is 3.47. The van der Waals surface area contributed by atoms with Gasteiger partial charge in [0.15, 0.2) is 5.78 Å². The van der Waals surface area contributed by atoms with Crippen LogP contribution < -0.4 is 4.74 Å². The molecule has 1 aromatic rings. The van der Waals surface area contributed by atoms with E-state index in [1.807, 2.05) is 19.1 Å². The summed E-state index contributed by atoms with van der Waals surface area (Å²) in [5.74, 6) is 0.670. The van der Waals surface area contributed by atoms with Gasteiger partial charge in [0.1, 0.15) is 5.75 Å². The van der Waals surface area contributed by atoms with Crippen molar-refractivity contribution in [3.63, 3.8) is 0 Å². The van der Waals surface area contributed by atoms with E-state index in [9.17, 15) is 9.59 Å². The molecule has 0 fully saturated rings. The second-order valence-electron chi connectivity index (χ2n) is 4.80. The molecule has 0 spiro atoms. The van der Waals surface area contributed by atoms with Gasteiger partial charge in [0, 0.05) is 20.5 Å². The standard InChI is InChI=1S/C15H21NO3/c1-11-7-8-13(12(2)17)14(10-11)19-9-5-6-15(18)16(3)4/h7-8,10H,5-6,9H2,1-4H3. The van der Waals surface area contributed by atoms with Crippen molar-refractivity contribution in [2.45, 2.75) is 26.7 Å². The first-order valence-electron chi connectivity index (χ1n) is 6.36. The molecule has 1 rings (SSSR count). The smallest absolute Gasteiger partial charge is 0.222 e. The van der Waals surface area contributed by atoms with E-state index < -0.39 is 0 Å². The number of carbonyl (C=O) groups excluding carboxylic acids is 2. The van der Waals surface area contributed by atoms with Crippen LogP contribution in [0.25, 0.3) is 0 Å². The first-order valence-corrected chi connectivity index (χ1v) is 6.36. The highest BCUT2D eigenvalue weighted by molar-refractivity contribution is 5.96. The molecular formula is C15H21NO3. The maximum absolute atomic E-state index is 11.5. The number of aryl methyl sites for hydroxylation is 1. The predicted octanol–water partition coefficient (Wildman–Crippen LogP) is 2.44. The molecule has 0 aliphatic heterocycles. The molecule has 1 aromatic carbocycles. The number of nitrogens with zero attached hydrogens (tertiary/aromatic N) is 1. The lowest BCUT2D eigenvalue weighted by atomic mass is 10.1. The second-order valence-corrected chi connectivity index (χ2v) is 4.80. The number of Topliss-reactive ketones (excluding diaryl/α,β-unsaturated/α-hetero) is 1. The zero-order valence-corrected chi connectivity index (χ0v) is 12.0. The quantitative estimate of drug-likeness (QED) is 0.585. The van der Waals surface area contributed by atoms with Crippen LogP contribution in [0.5, 0.6) is 5.75 Å². The summed E-state index contributed by atoms with van der Waals surface area (Å²) in [6.45, 7) is 3.91. The van der Waals surface area contributed by atoms with E-state index in [1.54, 1.807) is 25.1 Å². The van der Waals surface area contributed by atoms with Crippen LogP contribution in [0.3, 0.4) is 0 Å². The van der Waals surface area contributed by atoms with Crippen molar-refractivity contribution in [1.82, 2.24) is 4.90 Å². The van der Waals surface area contributed by atoms with Crippen LogP contribution in [-0.4, -0.2) is 37.3 Å². The monoisotopic (exact) mass is 263 g/mol. The zero-order valence-electron chi connectivity index (χ0n) is 12.0. The molecule has 4 nitrogen and oxygen atoms in total. The summed E-state index contributed by atoms with van der Waals surface area (Å²) in [6, 6.07) is 5.52. The molecule has 4 heteroatoms. The zero-order chi connectivity index (χ0) is 14.4. The second kappa shape index (κ2) is 6.92. The lowest BCUT2D eigenvalue weighted by molar-refractivity contribution is -0.128. The number of benzene rings is 1. The molecule has 0 aromatic heterocycles. The Bertz CT molecular complexity index is 466. The van der Waals surface area contributed by atoms with Gasteiger partial charge in [0.2, 0.25) is 5.91 Å². The van der Waals surface area contributed by atoms with Gasteiger partial charge < -0.3 is 9.64 Å². The maximum Gasteiger partial charge on any atom is 0.222 e. The first-order chi connectivity index (χ1) is 8.91. The normalized spacial score (nSPS) is 10.1. The molecule has 0 aliphatic rings. The summed E-state index contributed by atoms with van der Waals surface area (Å²) < 4.78 is 5.62. The van der Waals surface area contributed by atoms with Crippen molar-refractivity contribution < 1.29 is 14.3 Å². The van der Waals surface area contributed by atoms with Crippen LogP contribution in [-0.2, 0) is 4.79 Å². The molecular weight excluding hydrogens is 242 g/mol. The number of amides is 1. The summed E-state index contributed by atoms with van der Waals surface area (Å²) in [4.78, 5) is 24.4. The highest BCUT2D eigenvalue weighted by Crippen LogP contribution is 2.21. The lowest BCUT2D eigenvalue weighted by Crippen LogP contribution is -2.21. The Morgan fingerprint density at radius 1 is 1.26 bits per heavy atom. The lowest BCUT2D eigenvalue weighted by Gasteiger charge is -2.12. The molecule has 0 radical (unpaired) electrons. The molecule has 0 bridgehead atoms. The van der Waals surface area contributed by atoms with Gasteiger partial charge in [0.05, 0.1) is 12.2 Å². The van der Waals surface area contributed by atoms with E-state index in [0.717, 1.165) is 5.56 Å². The minimum Gasteiger partial charge on any atom is -0.493 e. The molecule has 19 heavy (non-hydrogen) atoms. The SMILES string of the molecule is CC(=O)c1ccc(C)cc1OCCCC(=O)N(C)C. The average molecular weight is 263 g/mol. The number of hydrogen-bond donors (Lipinski definition) is 0. The third kappa shape index (κ3) is 4.73.